The lowest BCUT2D eigenvalue weighted by atomic mass is 9.86. The largest absolute Gasteiger partial charge is 0.352 e. The fourth-order valence-corrected chi connectivity index (χ4v) is 4.30. The average molecular weight is 416 g/mol. The number of rotatable bonds is 8. The van der Waals surface area contributed by atoms with Gasteiger partial charge in [0.15, 0.2) is 11.0 Å². The summed E-state index contributed by atoms with van der Waals surface area (Å²) < 4.78 is 1.82. The summed E-state index contributed by atoms with van der Waals surface area (Å²) in [6, 6.07) is 9.90. The smallest absolute Gasteiger partial charge is 0.230 e. The van der Waals surface area contributed by atoms with Crippen molar-refractivity contribution in [3.8, 4) is 0 Å². The van der Waals surface area contributed by atoms with Crippen LogP contribution in [-0.2, 0) is 29.6 Å². The molecule has 0 bridgehead atoms. The van der Waals surface area contributed by atoms with E-state index < -0.39 is 0 Å². The third-order valence-electron chi connectivity index (χ3n) is 5.37. The Morgan fingerprint density at radius 1 is 1.14 bits per heavy atom. The lowest BCUT2D eigenvalue weighted by molar-refractivity contribution is -0.121. The number of nitrogens with one attached hydrogen (secondary N) is 2. The molecule has 1 aromatic heterocycles. The SMILES string of the molecule is C[C@@H]1CCCC[C@H]1NC(=O)CSc1nnc(CNC(=O)Cc2ccccc2)n1C. The van der Waals surface area contributed by atoms with E-state index in [0.29, 0.717) is 35.6 Å². The number of carbonyl (C=O) groups excluding carboxylic acids is 2. The van der Waals surface area contributed by atoms with Gasteiger partial charge in [0.1, 0.15) is 0 Å². The van der Waals surface area contributed by atoms with Crippen LogP contribution in [-0.4, -0.2) is 38.4 Å². The van der Waals surface area contributed by atoms with E-state index in [2.05, 4.69) is 27.8 Å². The topological polar surface area (TPSA) is 88.9 Å². The van der Waals surface area contributed by atoms with Gasteiger partial charge < -0.3 is 15.2 Å². The molecule has 2 N–H and O–H groups in total. The maximum Gasteiger partial charge on any atom is 0.230 e. The second-order valence-electron chi connectivity index (χ2n) is 7.62. The molecule has 1 aliphatic rings. The van der Waals surface area contributed by atoms with E-state index in [1.165, 1.54) is 31.0 Å². The number of aromatic nitrogens is 3. The van der Waals surface area contributed by atoms with Gasteiger partial charge in [-0.05, 0) is 24.3 Å². The standard InChI is InChI=1S/C21H29N5O2S/c1-15-8-6-7-11-17(15)23-20(28)14-29-21-25-24-18(26(21)2)13-22-19(27)12-16-9-4-3-5-10-16/h3-5,9-10,15,17H,6-8,11-14H2,1-2H3,(H,22,27)(H,23,28)/t15-,17-/m1/s1. The normalized spacial score (nSPS) is 19.0. The van der Waals surface area contributed by atoms with Gasteiger partial charge in [-0.2, -0.15) is 0 Å². The van der Waals surface area contributed by atoms with Crippen LogP contribution in [0.4, 0.5) is 0 Å². The highest BCUT2D eigenvalue weighted by molar-refractivity contribution is 7.99. The summed E-state index contributed by atoms with van der Waals surface area (Å²) in [4.78, 5) is 24.4. The first kappa shape index (κ1) is 21.4. The maximum atomic E-state index is 12.3. The first-order valence-corrected chi connectivity index (χ1v) is 11.1. The van der Waals surface area contributed by atoms with Crippen LogP contribution < -0.4 is 10.6 Å². The first-order chi connectivity index (χ1) is 14.0. The van der Waals surface area contributed by atoms with E-state index >= 15 is 0 Å². The molecule has 156 valence electrons. The molecule has 1 heterocycles. The highest BCUT2D eigenvalue weighted by Gasteiger charge is 2.23. The number of nitrogens with zero attached hydrogens (tertiary/aromatic N) is 3. The monoisotopic (exact) mass is 415 g/mol. The quantitative estimate of drug-likeness (QED) is 0.647. The first-order valence-electron chi connectivity index (χ1n) is 10.1. The average Bonchev–Trinajstić information content (AvgIpc) is 3.07. The minimum absolute atomic E-state index is 0.0365. The Hall–Kier alpha value is -2.35. The molecule has 1 aromatic carbocycles. The molecule has 1 aliphatic carbocycles. The molecule has 8 heteroatoms. The lowest BCUT2D eigenvalue weighted by Gasteiger charge is -2.29. The van der Waals surface area contributed by atoms with Crippen molar-refractivity contribution in [1.29, 1.82) is 0 Å². The number of amides is 2. The van der Waals surface area contributed by atoms with Crippen molar-refractivity contribution in [2.45, 2.75) is 56.8 Å². The molecule has 2 atom stereocenters. The second-order valence-corrected chi connectivity index (χ2v) is 8.56. The Bertz CT molecular complexity index is 824. The van der Waals surface area contributed by atoms with Crippen LogP contribution in [0.1, 0.15) is 44.0 Å². The fourth-order valence-electron chi connectivity index (χ4n) is 3.56. The van der Waals surface area contributed by atoms with Crippen molar-refractivity contribution in [3.05, 3.63) is 41.7 Å². The molecule has 0 saturated heterocycles. The third-order valence-corrected chi connectivity index (χ3v) is 6.39. The summed E-state index contributed by atoms with van der Waals surface area (Å²) in [6.45, 7) is 2.51. The number of hydrogen-bond acceptors (Lipinski definition) is 5. The molecular weight excluding hydrogens is 386 g/mol. The van der Waals surface area contributed by atoms with Gasteiger partial charge in [-0.1, -0.05) is 61.9 Å². The van der Waals surface area contributed by atoms with E-state index in [1.54, 1.807) is 0 Å². The summed E-state index contributed by atoms with van der Waals surface area (Å²) in [7, 11) is 1.85. The van der Waals surface area contributed by atoms with E-state index in [1.807, 2.05) is 41.9 Å². The van der Waals surface area contributed by atoms with Gasteiger partial charge in [-0.3, -0.25) is 9.59 Å². The fraction of sp³-hybridized carbons (Fsp3) is 0.524. The van der Waals surface area contributed by atoms with Gasteiger partial charge in [0.05, 0.1) is 18.7 Å². The van der Waals surface area contributed by atoms with Crippen LogP contribution in [0.3, 0.4) is 0 Å². The molecule has 3 rings (SSSR count). The molecule has 0 spiro atoms. The zero-order chi connectivity index (χ0) is 20.6. The predicted octanol–water partition coefficient (Wildman–Crippen LogP) is 2.46. The van der Waals surface area contributed by atoms with Crippen molar-refractivity contribution in [1.82, 2.24) is 25.4 Å². The van der Waals surface area contributed by atoms with E-state index in [4.69, 9.17) is 0 Å². The maximum absolute atomic E-state index is 12.3. The molecular formula is C21H29N5O2S. The van der Waals surface area contributed by atoms with E-state index in [0.717, 1.165) is 12.0 Å². The van der Waals surface area contributed by atoms with Gasteiger partial charge >= 0.3 is 0 Å². The number of benzene rings is 1. The van der Waals surface area contributed by atoms with Crippen LogP contribution in [0, 0.1) is 5.92 Å². The Morgan fingerprint density at radius 2 is 1.90 bits per heavy atom. The number of hydrogen-bond donors (Lipinski definition) is 2. The number of carbonyl (C=O) groups is 2. The minimum Gasteiger partial charge on any atom is -0.352 e. The van der Waals surface area contributed by atoms with Crippen LogP contribution >= 0.6 is 11.8 Å². The summed E-state index contributed by atoms with van der Waals surface area (Å²) in [5.41, 5.74) is 0.970. The molecule has 0 aliphatic heterocycles. The molecule has 0 unspecified atom stereocenters. The van der Waals surface area contributed by atoms with Gasteiger partial charge in [-0.25, -0.2) is 0 Å². The van der Waals surface area contributed by atoms with Crippen LogP contribution in [0.25, 0.3) is 0 Å². The Kier molecular flexibility index (Phi) is 7.69. The Morgan fingerprint density at radius 3 is 2.66 bits per heavy atom. The van der Waals surface area contributed by atoms with Crippen LogP contribution in [0.15, 0.2) is 35.5 Å². The summed E-state index contributed by atoms with van der Waals surface area (Å²) in [6.07, 6.45) is 5.02. The molecule has 0 radical (unpaired) electrons. The highest BCUT2D eigenvalue weighted by Crippen LogP contribution is 2.24. The van der Waals surface area contributed by atoms with Crippen molar-refractivity contribution < 1.29 is 9.59 Å². The van der Waals surface area contributed by atoms with Crippen molar-refractivity contribution in [2.75, 3.05) is 5.75 Å². The van der Waals surface area contributed by atoms with Gasteiger partial charge in [0.25, 0.3) is 0 Å². The lowest BCUT2D eigenvalue weighted by Crippen LogP contribution is -2.41. The Labute approximate surface area is 176 Å². The van der Waals surface area contributed by atoms with Gasteiger partial charge in [-0.15, -0.1) is 10.2 Å². The summed E-state index contributed by atoms with van der Waals surface area (Å²) in [5, 5.41) is 15.0. The van der Waals surface area contributed by atoms with Crippen LogP contribution in [0.5, 0.6) is 0 Å². The van der Waals surface area contributed by atoms with E-state index in [-0.39, 0.29) is 17.9 Å². The zero-order valence-electron chi connectivity index (χ0n) is 17.1. The van der Waals surface area contributed by atoms with Crippen molar-refractivity contribution in [3.63, 3.8) is 0 Å². The van der Waals surface area contributed by atoms with Crippen molar-refractivity contribution in [2.24, 2.45) is 13.0 Å². The summed E-state index contributed by atoms with van der Waals surface area (Å²) in [5.74, 6) is 1.49. The molecule has 2 amide bonds. The van der Waals surface area contributed by atoms with Crippen molar-refractivity contribution >= 4 is 23.6 Å². The van der Waals surface area contributed by atoms with Gasteiger partial charge in [0.2, 0.25) is 11.8 Å². The molecule has 2 aromatic rings. The molecule has 1 fully saturated rings. The number of thioether (sulfide) groups is 1. The third kappa shape index (κ3) is 6.32. The van der Waals surface area contributed by atoms with Gasteiger partial charge in [0, 0.05) is 13.1 Å². The molecule has 7 nitrogen and oxygen atoms in total. The minimum atomic E-state index is -0.0608. The highest BCUT2D eigenvalue weighted by atomic mass is 32.2. The second kappa shape index (κ2) is 10.4. The zero-order valence-corrected chi connectivity index (χ0v) is 17.9. The molecule has 1 saturated carbocycles. The molecule has 29 heavy (non-hydrogen) atoms. The van der Waals surface area contributed by atoms with Crippen LogP contribution in [0.2, 0.25) is 0 Å². The summed E-state index contributed by atoms with van der Waals surface area (Å²) >= 11 is 1.37. The van der Waals surface area contributed by atoms with E-state index in [9.17, 15) is 9.59 Å². The predicted molar refractivity (Wildman–Crippen MR) is 113 cm³/mol. The Balaban J connectivity index is 1.44.